The van der Waals surface area contributed by atoms with Crippen molar-refractivity contribution in [2.24, 2.45) is 0 Å². The van der Waals surface area contributed by atoms with Gasteiger partial charge in [0, 0.05) is 11.4 Å². The average molecular weight is 365 g/mol. The summed E-state index contributed by atoms with van der Waals surface area (Å²) in [5.41, 5.74) is 1.17. The number of nitrogens with one attached hydrogen (secondary N) is 2. The Kier molecular flexibility index (Phi) is 5.41. The summed E-state index contributed by atoms with van der Waals surface area (Å²) in [5.74, 6) is -0.675. The largest absolute Gasteiger partial charge is 0.497 e. The molecule has 0 bridgehead atoms. The third-order valence-corrected chi connectivity index (χ3v) is 3.66. The van der Waals surface area contributed by atoms with E-state index in [4.69, 9.17) is 4.74 Å². The first-order chi connectivity index (χ1) is 13.0. The Morgan fingerprint density at radius 1 is 0.815 bits per heavy atom. The van der Waals surface area contributed by atoms with Crippen LogP contribution in [0.5, 0.6) is 5.75 Å². The molecule has 2 amide bonds. The molecule has 1 heterocycles. The molecule has 1 aromatic heterocycles. The van der Waals surface area contributed by atoms with Gasteiger partial charge < -0.3 is 15.4 Å². The number of nitrogens with zero attached hydrogens (tertiary/aromatic N) is 1. The summed E-state index contributed by atoms with van der Waals surface area (Å²) in [4.78, 5) is 28.7. The highest BCUT2D eigenvalue weighted by atomic mass is 19.1. The quantitative estimate of drug-likeness (QED) is 0.722. The second kappa shape index (κ2) is 8.09. The first kappa shape index (κ1) is 18.1. The van der Waals surface area contributed by atoms with Gasteiger partial charge in [0.1, 0.15) is 23.0 Å². The van der Waals surface area contributed by atoms with E-state index in [-0.39, 0.29) is 11.4 Å². The maximum atomic E-state index is 12.9. The van der Waals surface area contributed by atoms with Gasteiger partial charge in [0.25, 0.3) is 11.8 Å². The molecule has 0 spiro atoms. The van der Waals surface area contributed by atoms with Crippen molar-refractivity contribution in [2.75, 3.05) is 17.7 Å². The van der Waals surface area contributed by atoms with Gasteiger partial charge in [-0.25, -0.2) is 9.37 Å². The maximum absolute atomic E-state index is 12.9. The van der Waals surface area contributed by atoms with Crippen molar-refractivity contribution in [3.63, 3.8) is 0 Å². The number of amides is 2. The molecule has 0 radical (unpaired) electrons. The molecule has 6 nitrogen and oxygen atoms in total. The van der Waals surface area contributed by atoms with Crippen molar-refractivity contribution in [3.8, 4) is 5.75 Å². The van der Waals surface area contributed by atoms with E-state index in [9.17, 15) is 14.0 Å². The van der Waals surface area contributed by atoms with Gasteiger partial charge in [-0.3, -0.25) is 9.59 Å². The van der Waals surface area contributed by atoms with Crippen LogP contribution < -0.4 is 15.4 Å². The number of carbonyl (C=O) groups is 2. The van der Waals surface area contributed by atoms with Crippen molar-refractivity contribution in [1.29, 1.82) is 0 Å². The van der Waals surface area contributed by atoms with Crippen molar-refractivity contribution < 1.29 is 18.7 Å². The molecule has 27 heavy (non-hydrogen) atoms. The number of benzene rings is 2. The van der Waals surface area contributed by atoms with Crippen LogP contribution in [0.25, 0.3) is 0 Å². The second-order valence-corrected chi connectivity index (χ2v) is 5.55. The zero-order chi connectivity index (χ0) is 19.2. The van der Waals surface area contributed by atoms with E-state index in [1.807, 2.05) is 0 Å². The summed E-state index contributed by atoms with van der Waals surface area (Å²) >= 11 is 0. The molecule has 0 aliphatic heterocycles. The maximum Gasteiger partial charge on any atom is 0.274 e. The normalized spacial score (nSPS) is 10.1. The monoisotopic (exact) mass is 365 g/mol. The molecule has 0 aliphatic rings. The van der Waals surface area contributed by atoms with E-state index in [2.05, 4.69) is 15.6 Å². The van der Waals surface area contributed by atoms with Crippen molar-refractivity contribution in [2.45, 2.75) is 0 Å². The Morgan fingerprint density at radius 2 is 1.30 bits per heavy atom. The first-order valence-electron chi connectivity index (χ1n) is 8.04. The van der Waals surface area contributed by atoms with Crippen LogP contribution >= 0.6 is 0 Å². The number of rotatable bonds is 5. The molecular formula is C20H16FN3O3. The lowest BCUT2D eigenvalue weighted by molar-refractivity contribution is 0.101. The minimum Gasteiger partial charge on any atom is -0.497 e. The Labute approximate surface area is 155 Å². The molecule has 3 rings (SSSR count). The third-order valence-electron chi connectivity index (χ3n) is 3.66. The zero-order valence-electron chi connectivity index (χ0n) is 14.4. The third kappa shape index (κ3) is 4.66. The van der Waals surface area contributed by atoms with E-state index >= 15 is 0 Å². The highest BCUT2D eigenvalue weighted by Gasteiger charge is 2.13. The fourth-order valence-corrected chi connectivity index (χ4v) is 2.29. The van der Waals surface area contributed by atoms with Gasteiger partial charge in [-0.1, -0.05) is 6.07 Å². The van der Waals surface area contributed by atoms with Crippen LogP contribution in [-0.4, -0.2) is 23.9 Å². The fraction of sp³-hybridized carbons (Fsp3) is 0.0500. The van der Waals surface area contributed by atoms with Crippen LogP contribution in [0.15, 0.2) is 66.7 Å². The number of hydrogen-bond acceptors (Lipinski definition) is 4. The molecule has 2 N–H and O–H groups in total. The van der Waals surface area contributed by atoms with Gasteiger partial charge in [-0.05, 0) is 60.7 Å². The highest BCUT2D eigenvalue weighted by molar-refractivity contribution is 6.06. The van der Waals surface area contributed by atoms with Crippen LogP contribution in [0.1, 0.15) is 21.0 Å². The van der Waals surface area contributed by atoms with Gasteiger partial charge in [-0.15, -0.1) is 0 Å². The number of carbonyl (C=O) groups excluding carboxylic acids is 2. The molecule has 0 fully saturated rings. The Balaban J connectivity index is 1.70. The Hall–Kier alpha value is -3.74. The van der Waals surface area contributed by atoms with E-state index in [1.165, 1.54) is 36.4 Å². The summed E-state index contributed by atoms with van der Waals surface area (Å²) in [6.45, 7) is 0. The lowest BCUT2D eigenvalue weighted by atomic mass is 10.2. The van der Waals surface area contributed by atoms with Crippen LogP contribution in [0.3, 0.4) is 0 Å². The Morgan fingerprint density at radius 3 is 1.78 bits per heavy atom. The molecular weight excluding hydrogens is 349 g/mol. The average Bonchev–Trinajstić information content (AvgIpc) is 2.70. The number of anilines is 2. The molecule has 7 heteroatoms. The topological polar surface area (TPSA) is 80.3 Å². The van der Waals surface area contributed by atoms with Crippen molar-refractivity contribution >= 4 is 23.2 Å². The number of aromatic nitrogens is 1. The van der Waals surface area contributed by atoms with Crippen LogP contribution in [0.4, 0.5) is 15.8 Å². The summed E-state index contributed by atoms with van der Waals surface area (Å²) in [6, 6.07) is 16.7. The molecule has 0 aliphatic carbocycles. The van der Waals surface area contributed by atoms with E-state index in [0.717, 1.165) is 0 Å². The van der Waals surface area contributed by atoms with Gasteiger partial charge in [-0.2, -0.15) is 0 Å². The minimum absolute atomic E-state index is 0.0710. The second-order valence-electron chi connectivity index (χ2n) is 5.55. The predicted molar refractivity (Wildman–Crippen MR) is 99.5 cm³/mol. The van der Waals surface area contributed by atoms with Crippen molar-refractivity contribution in [1.82, 2.24) is 4.98 Å². The number of halogens is 1. The predicted octanol–water partition coefficient (Wildman–Crippen LogP) is 3.73. The smallest absolute Gasteiger partial charge is 0.274 e. The molecule has 0 unspecified atom stereocenters. The summed E-state index contributed by atoms with van der Waals surface area (Å²) in [5, 5.41) is 5.30. The lowest BCUT2D eigenvalue weighted by Crippen LogP contribution is -2.18. The molecule has 3 aromatic rings. The van der Waals surface area contributed by atoms with Crippen LogP contribution in [-0.2, 0) is 0 Å². The summed E-state index contributed by atoms with van der Waals surface area (Å²) in [6.07, 6.45) is 0. The number of pyridine rings is 1. The minimum atomic E-state index is -0.499. The number of methoxy groups -OCH3 is 1. The van der Waals surface area contributed by atoms with E-state index < -0.39 is 17.6 Å². The van der Waals surface area contributed by atoms with E-state index in [1.54, 1.807) is 37.4 Å². The zero-order valence-corrected chi connectivity index (χ0v) is 14.4. The van der Waals surface area contributed by atoms with Crippen molar-refractivity contribution in [3.05, 3.63) is 83.9 Å². The van der Waals surface area contributed by atoms with Crippen LogP contribution in [0.2, 0.25) is 0 Å². The van der Waals surface area contributed by atoms with Gasteiger partial charge >= 0.3 is 0 Å². The summed E-state index contributed by atoms with van der Waals surface area (Å²) < 4.78 is 18.0. The van der Waals surface area contributed by atoms with Gasteiger partial charge in [0.05, 0.1) is 7.11 Å². The van der Waals surface area contributed by atoms with Gasteiger partial charge in [0.2, 0.25) is 0 Å². The highest BCUT2D eigenvalue weighted by Crippen LogP contribution is 2.16. The summed E-state index contributed by atoms with van der Waals surface area (Å²) in [7, 11) is 1.56. The Bertz CT molecular complexity index is 957. The van der Waals surface area contributed by atoms with Crippen LogP contribution in [0, 0.1) is 5.82 Å². The molecule has 0 saturated carbocycles. The van der Waals surface area contributed by atoms with E-state index in [0.29, 0.717) is 17.1 Å². The molecule has 136 valence electrons. The number of ether oxygens (including phenoxy) is 1. The molecule has 2 aromatic carbocycles. The fourth-order valence-electron chi connectivity index (χ4n) is 2.29. The standard InChI is InChI=1S/C20H16FN3O3/c1-27-16-11-9-15(10-12-16)23-20(26)18-4-2-3-17(24-18)19(25)22-14-7-5-13(21)6-8-14/h2-12H,1H3,(H,22,25)(H,23,26). The van der Waals surface area contributed by atoms with Gasteiger partial charge in [0.15, 0.2) is 0 Å². The SMILES string of the molecule is COc1ccc(NC(=O)c2cccc(C(=O)Nc3ccc(F)cc3)n2)cc1. The number of hydrogen-bond donors (Lipinski definition) is 2. The molecule has 0 saturated heterocycles. The first-order valence-corrected chi connectivity index (χ1v) is 8.04. The lowest BCUT2D eigenvalue weighted by Gasteiger charge is -2.08. The molecule has 0 atom stereocenters.